The van der Waals surface area contributed by atoms with Crippen LogP contribution in [0.5, 0.6) is 0 Å². The Morgan fingerprint density at radius 2 is 2.22 bits per heavy atom. The molecule has 1 atom stereocenters. The number of nitrogens with two attached hydrogens (primary N) is 1. The summed E-state index contributed by atoms with van der Waals surface area (Å²) in [5.74, 6) is 0.964. The summed E-state index contributed by atoms with van der Waals surface area (Å²) < 4.78 is 1.82. The Kier molecular flexibility index (Phi) is 2.36. The fraction of sp³-hybridized carbons (Fsp3) is 0.636. The number of aryl methyl sites for hydroxylation is 2. The number of piperazine rings is 1. The van der Waals surface area contributed by atoms with Crippen LogP contribution in [0.15, 0.2) is 0 Å². The maximum atomic E-state index is 11.5. The van der Waals surface area contributed by atoms with Crippen LogP contribution < -0.4 is 16.0 Å². The number of aromatic nitrogens is 2. The van der Waals surface area contributed by atoms with Crippen molar-refractivity contribution in [3.05, 3.63) is 5.69 Å². The molecule has 7 heteroatoms. The van der Waals surface area contributed by atoms with Crippen molar-refractivity contribution in [1.29, 1.82) is 0 Å². The van der Waals surface area contributed by atoms with Crippen LogP contribution in [0.3, 0.4) is 0 Å². The summed E-state index contributed by atoms with van der Waals surface area (Å²) in [6, 6.07) is 0.287. The zero-order chi connectivity index (χ0) is 12.9. The summed E-state index contributed by atoms with van der Waals surface area (Å²) in [5, 5.41) is 7.21. The van der Waals surface area contributed by atoms with Gasteiger partial charge in [-0.25, -0.2) is 4.79 Å². The molecule has 3 rings (SSSR count). The van der Waals surface area contributed by atoms with Gasteiger partial charge in [0.1, 0.15) is 0 Å². The molecule has 98 valence electrons. The molecule has 3 N–H and O–H groups in total. The van der Waals surface area contributed by atoms with E-state index in [4.69, 9.17) is 5.73 Å². The van der Waals surface area contributed by atoms with Crippen molar-refractivity contribution in [2.75, 3.05) is 36.8 Å². The Balaban J connectivity index is 1.85. The van der Waals surface area contributed by atoms with Crippen molar-refractivity contribution in [2.45, 2.75) is 13.0 Å². The number of anilines is 2. The van der Waals surface area contributed by atoms with Crippen molar-refractivity contribution < 1.29 is 4.79 Å². The molecule has 0 aromatic carbocycles. The van der Waals surface area contributed by atoms with E-state index in [0.717, 1.165) is 36.8 Å². The number of urea groups is 1. The number of fused-ring (bicyclic) bond motifs is 1. The summed E-state index contributed by atoms with van der Waals surface area (Å²) in [4.78, 5) is 15.7. The summed E-state index contributed by atoms with van der Waals surface area (Å²) in [5.41, 5.74) is 7.67. The van der Waals surface area contributed by atoms with E-state index >= 15 is 0 Å². The largest absolute Gasteiger partial charge is 0.394 e. The average Bonchev–Trinajstić information content (AvgIpc) is 2.81. The summed E-state index contributed by atoms with van der Waals surface area (Å²) in [7, 11) is 1.91. The van der Waals surface area contributed by atoms with Crippen molar-refractivity contribution >= 4 is 17.5 Å². The number of hydrogen-bond acceptors (Lipinski definition) is 4. The lowest BCUT2D eigenvalue weighted by atomic mass is 10.2. The van der Waals surface area contributed by atoms with Gasteiger partial charge in [-0.15, -0.1) is 0 Å². The van der Waals surface area contributed by atoms with E-state index in [1.165, 1.54) is 0 Å². The Labute approximate surface area is 106 Å². The lowest BCUT2D eigenvalue weighted by Crippen LogP contribution is -2.52. The number of carbonyl (C=O) groups excluding carboxylic acids is 1. The van der Waals surface area contributed by atoms with Gasteiger partial charge in [0.15, 0.2) is 5.82 Å². The molecule has 2 fully saturated rings. The lowest BCUT2D eigenvalue weighted by molar-refractivity contribution is 0.197. The quantitative estimate of drug-likeness (QED) is 0.706. The topological polar surface area (TPSA) is 79.4 Å². The van der Waals surface area contributed by atoms with Crippen LogP contribution >= 0.6 is 0 Å². The first-order valence-electron chi connectivity index (χ1n) is 6.16. The molecule has 18 heavy (non-hydrogen) atoms. The predicted octanol–water partition coefficient (Wildman–Crippen LogP) is -0.475. The smallest absolute Gasteiger partial charge is 0.317 e. The first kappa shape index (κ1) is 11.2. The molecule has 2 saturated heterocycles. The van der Waals surface area contributed by atoms with Gasteiger partial charge in [0.05, 0.1) is 17.4 Å². The number of carbonyl (C=O) groups is 1. The Morgan fingerprint density at radius 3 is 2.89 bits per heavy atom. The van der Waals surface area contributed by atoms with E-state index in [1.807, 2.05) is 23.6 Å². The van der Waals surface area contributed by atoms with Crippen LogP contribution in [0.2, 0.25) is 0 Å². The fourth-order valence-corrected chi connectivity index (χ4v) is 2.83. The molecular formula is C11H18N6O. The first-order valence-corrected chi connectivity index (χ1v) is 6.16. The summed E-state index contributed by atoms with van der Waals surface area (Å²) in [6.07, 6.45) is 0. The van der Waals surface area contributed by atoms with E-state index in [1.54, 1.807) is 0 Å². The van der Waals surface area contributed by atoms with Crippen LogP contribution in [0.25, 0.3) is 0 Å². The second-order valence-corrected chi connectivity index (χ2v) is 4.93. The van der Waals surface area contributed by atoms with Gasteiger partial charge in [0.2, 0.25) is 0 Å². The highest BCUT2D eigenvalue weighted by Crippen LogP contribution is 2.28. The Bertz CT molecular complexity index is 496. The van der Waals surface area contributed by atoms with Crippen LogP contribution in [-0.4, -0.2) is 52.9 Å². The molecule has 1 aromatic rings. The highest BCUT2D eigenvalue weighted by atomic mass is 16.2. The second kappa shape index (κ2) is 3.79. The van der Waals surface area contributed by atoms with Gasteiger partial charge in [-0.3, -0.25) is 4.68 Å². The van der Waals surface area contributed by atoms with Gasteiger partial charge in [-0.1, -0.05) is 0 Å². The van der Waals surface area contributed by atoms with E-state index in [9.17, 15) is 4.79 Å². The normalized spacial score (nSPS) is 23.2. The third-order valence-electron chi connectivity index (χ3n) is 3.77. The van der Waals surface area contributed by atoms with Gasteiger partial charge in [-0.05, 0) is 6.92 Å². The monoisotopic (exact) mass is 250 g/mol. The van der Waals surface area contributed by atoms with Gasteiger partial charge >= 0.3 is 6.03 Å². The molecule has 0 bridgehead atoms. The van der Waals surface area contributed by atoms with Crippen molar-refractivity contribution in [1.82, 2.24) is 20.0 Å². The first-order chi connectivity index (χ1) is 8.58. The van der Waals surface area contributed by atoms with E-state index in [-0.39, 0.29) is 12.1 Å². The van der Waals surface area contributed by atoms with Gasteiger partial charge in [-0.2, -0.15) is 5.10 Å². The number of nitrogens with zero attached hydrogens (tertiary/aromatic N) is 4. The molecule has 3 heterocycles. The third kappa shape index (κ3) is 1.50. The molecule has 0 radical (unpaired) electrons. The fourth-order valence-electron chi connectivity index (χ4n) is 2.83. The predicted molar refractivity (Wildman–Crippen MR) is 68.5 cm³/mol. The lowest BCUT2D eigenvalue weighted by Gasteiger charge is -2.37. The van der Waals surface area contributed by atoms with Gasteiger partial charge in [0, 0.05) is 33.2 Å². The van der Waals surface area contributed by atoms with E-state index in [0.29, 0.717) is 6.54 Å². The molecule has 2 aliphatic rings. The van der Waals surface area contributed by atoms with Crippen LogP contribution in [0.1, 0.15) is 5.69 Å². The maximum absolute atomic E-state index is 11.5. The molecule has 0 saturated carbocycles. The molecule has 2 amide bonds. The Hall–Kier alpha value is -1.92. The van der Waals surface area contributed by atoms with Crippen molar-refractivity contribution in [3.63, 3.8) is 0 Å². The molecule has 0 spiro atoms. The number of nitrogens with one attached hydrogen (secondary N) is 1. The minimum absolute atomic E-state index is 0.0498. The number of nitrogen functional groups attached to an aromatic ring is 1. The number of rotatable bonds is 1. The molecule has 0 aliphatic carbocycles. The third-order valence-corrected chi connectivity index (χ3v) is 3.77. The highest BCUT2D eigenvalue weighted by Gasteiger charge is 2.36. The van der Waals surface area contributed by atoms with E-state index in [2.05, 4.69) is 15.3 Å². The van der Waals surface area contributed by atoms with Crippen LogP contribution in [-0.2, 0) is 7.05 Å². The highest BCUT2D eigenvalue weighted by molar-refractivity contribution is 5.77. The average molecular weight is 250 g/mol. The van der Waals surface area contributed by atoms with Crippen molar-refractivity contribution in [3.8, 4) is 0 Å². The van der Waals surface area contributed by atoms with Gasteiger partial charge in [0.25, 0.3) is 0 Å². The number of hydrogen-bond donors (Lipinski definition) is 2. The van der Waals surface area contributed by atoms with E-state index < -0.39 is 0 Å². The minimum atomic E-state index is 0.0498. The molecular weight excluding hydrogens is 232 g/mol. The molecule has 2 aliphatic heterocycles. The minimum Gasteiger partial charge on any atom is -0.394 e. The summed E-state index contributed by atoms with van der Waals surface area (Å²) >= 11 is 0. The number of amides is 2. The zero-order valence-electron chi connectivity index (χ0n) is 10.7. The Morgan fingerprint density at radius 1 is 1.44 bits per heavy atom. The molecule has 1 unspecified atom stereocenters. The van der Waals surface area contributed by atoms with Crippen molar-refractivity contribution in [2.24, 2.45) is 7.05 Å². The van der Waals surface area contributed by atoms with Gasteiger partial charge < -0.3 is 20.9 Å². The van der Waals surface area contributed by atoms with Crippen LogP contribution in [0.4, 0.5) is 16.3 Å². The molecule has 7 nitrogen and oxygen atoms in total. The molecule has 1 aromatic heterocycles. The standard InChI is InChI=1S/C11H18N6O/c1-7-9(12)10(15(2)14-7)16-3-4-17-8(6-16)5-13-11(17)18/h8H,3-6,12H2,1-2H3,(H,13,18). The summed E-state index contributed by atoms with van der Waals surface area (Å²) in [6.45, 7) is 4.97. The maximum Gasteiger partial charge on any atom is 0.317 e. The van der Waals surface area contributed by atoms with Crippen LogP contribution in [0, 0.1) is 6.92 Å². The zero-order valence-corrected chi connectivity index (χ0v) is 10.7. The second-order valence-electron chi connectivity index (χ2n) is 4.93. The SMILES string of the molecule is Cc1nn(C)c(N2CCN3C(=O)NCC3C2)c1N.